The Morgan fingerprint density at radius 2 is 2.33 bits per heavy atom. The molecule has 3 nitrogen and oxygen atoms in total. The highest BCUT2D eigenvalue weighted by Crippen LogP contribution is 2.07. The van der Waals surface area contributed by atoms with E-state index in [1.165, 1.54) is 17.9 Å². The van der Waals surface area contributed by atoms with Crippen LogP contribution in [0.4, 0.5) is 0 Å². The Morgan fingerprint density at radius 3 is 3.00 bits per heavy atom. The zero-order valence-electron chi connectivity index (χ0n) is 9.92. The lowest BCUT2D eigenvalue weighted by molar-refractivity contribution is 0.601. The number of aromatic nitrogens is 2. The van der Waals surface area contributed by atoms with Gasteiger partial charge in [-0.25, -0.2) is 4.98 Å². The second-order valence-electron chi connectivity index (χ2n) is 3.58. The lowest BCUT2D eigenvalue weighted by Gasteiger charge is -2.09. The monoisotopic (exact) mass is 227 g/mol. The van der Waals surface area contributed by atoms with Crippen molar-refractivity contribution >= 4 is 11.8 Å². The van der Waals surface area contributed by atoms with E-state index < -0.39 is 0 Å². The Hall–Kier alpha value is -0.480. The van der Waals surface area contributed by atoms with Crippen LogP contribution in [0, 0.1) is 6.92 Å². The standard InChI is InChI=1S/C11H21N3S/c1-4-12-8-11-9-13-10(2)14(11)6-5-7-15-3/h9,12H,4-8H2,1-3H3. The number of aryl methyl sites for hydroxylation is 1. The quantitative estimate of drug-likeness (QED) is 0.723. The van der Waals surface area contributed by atoms with Gasteiger partial charge < -0.3 is 9.88 Å². The van der Waals surface area contributed by atoms with E-state index in [4.69, 9.17) is 0 Å². The molecule has 0 spiro atoms. The number of thioether (sulfide) groups is 1. The molecule has 0 amide bonds. The average molecular weight is 227 g/mol. The second-order valence-corrected chi connectivity index (χ2v) is 4.56. The van der Waals surface area contributed by atoms with Crippen molar-refractivity contribution in [3.8, 4) is 0 Å². The topological polar surface area (TPSA) is 29.9 Å². The summed E-state index contributed by atoms with van der Waals surface area (Å²) in [4.78, 5) is 4.36. The third-order valence-electron chi connectivity index (χ3n) is 2.42. The van der Waals surface area contributed by atoms with Crippen LogP contribution < -0.4 is 5.32 Å². The summed E-state index contributed by atoms with van der Waals surface area (Å²) in [6.07, 6.45) is 5.36. The summed E-state index contributed by atoms with van der Waals surface area (Å²) in [5.74, 6) is 2.35. The van der Waals surface area contributed by atoms with Gasteiger partial charge in [-0.3, -0.25) is 0 Å². The molecule has 0 aliphatic heterocycles. The Kier molecular flexibility index (Phi) is 5.79. The minimum Gasteiger partial charge on any atom is -0.331 e. The van der Waals surface area contributed by atoms with E-state index >= 15 is 0 Å². The summed E-state index contributed by atoms with van der Waals surface area (Å²) < 4.78 is 2.32. The molecule has 4 heteroatoms. The highest BCUT2D eigenvalue weighted by Gasteiger charge is 2.04. The van der Waals surface area contributed by atoms with Crippen LogP contribution in [-0.4, -0.2) is 28.1 Å². The van der Waals surface area contributed by atoms with E-state index in [0.29, 0.717) is 0 Å². The Labute approximate surface area is 96.7 Å². The number of hydrogen-bond donors (Lipinski definition) is 1. The van der Waals surface area contributed by atoms with Crippen LogP contribution in [0.5, 0.6) is 0 Å². The molecule has 0 atom stereocenters. The first-order valence-corrected chi connectivity index (χ1v) is 6.89. The molecule has 0 radical (unpaired) electrons. The molecule has 0 aliphatic rings. The normalized spacial score (nSPS) is 10.9. The average Bonchev–Trinajstić information content (AvgIpc) is 2.58. The SMILES string of the molecule is CCNCc1cnc(C)n1CCCSC. The number of hydrogen-bond acceptors (Lipinski definition) is 3. The number of rotatable bonds is 7. The maximum atomic E-state index is 4.36. The molecule has 0 aromatic carbocycles. The van der Waals surface area contributed by atoms with Gasteiger partial charge in [0.1, 0.15) is 5.82 Å². The van der Waals surface area contributed by atoms with Gasteiger partial charge >= 0.3 is 0 Å². The minimum absolute atomic E-state index is 0.927. The van der Waals surface area contributed by atoms with Crippen molar-refractivity contribution in [2.24, 2.45) is 0 Å². The molecule has 86 valence electrons. The summed E-state index contributed by atoms with van der Waals surface area (Å²) >= 11 is 1.90. The van der Waals surface area contributed by atoms with Gasteiger partial charge in [-0.1, -0.05) is 6.92 Å². The van der Waals surface area contributed by atoms with E-state index in [1.807, 2.05) is 18.0 Å². The molecule has 0 unspecified atom stereocenters. The van der Waals surface area contributed by atoms with Crippen molar-refractivity contribution in [3.63, 3.8) is 0 Å². The van der Waals surface area contributed by atoms with Crippen molar-refractivity contribution in [3.05, 3.63) is 17.7 Å². The molecule has 1 aromatic heterocycles. The lowest BCUT2D eigenvalue weighted by atomic mass is 10.4. The van der Waals surface area contributed by atoms with Gasteiger partial charge in [0, 0.05) is 19.3 Å². The summed E-state index contributed by atoms with van der Waals surface area (Å²) in [6.45, 7) is 7.23. The van der Waals surface area contributed by atoms with Crippen LogP contribution in [0.2, 0.25) is 0 Å². The third kappa shape index (κ3) is 3.87. The van der Waals surface area contributed by atoms with Crippen LogP contribution in [-0.2, 0) is 13.1 Å². The van der Waals surface area contributed by atoms with Gasteiger partial charge in [-0.15, -0.1) is 0 Å². The highest BCUT2D eigenvalue weighted by atomic mass is 32.2. The minimum atomic E-state index is 0.927. The fraction of sp³-hybridized carbons (Fsp3) is 0.727. The van der Waals surface area contributed by atoms with Crippen LogP contribution >= 0.6 is 11.8 Å². The van der Waals surface area contributed by atoms with Gasteiger partial charge in [0.05, 0.1) is 5.69 Å². The first-order valence-electron chi connectivity index (χ1n) is 5.50. The Balaban J connectivity index is 2.54. The summed E-state index contributed by atoms with van der Waals surface area (Å²) in [5, 5.41) is 3.34. The molecule has 0 saturated heterocycles. The zero-order valence-corrected chi connectivity index (χ0v) is 10.7. The van der Waals surface area contributed by atoms with Crippen LogP contribution in [0.25, 0.3) is 0 Å². The second kappa shape index (κ2) is 6.90. The molecule has 0 aliphatic carbocycles. The maximum absolute atomic E-state index is 4.36. The fourth-order valence-corrected chi connectivity index (χ4v) is 2.00. The van der Waals surface area contributed by atoms with E-state index in [2.05, 4.69) is 35.0 Å². The van der Waals surface area contributed by atoms with Crippen molar-refractivity contribution < 1.29 is 0 Å². The van der Waals surface area contributed by atoms with E-state index in [1.54, 1.807) is 0 Å². The third-order valence-corrected chi connectivity index (χ3v) is 3.12. The maximum Gasteiger partial charge on any atom is 0.105 e. The van der Waals surface area contributed by atoms with Gasteiger partial charge in [0.15, 0.2) is 0 Å². The molecule has 1 heterocycles. The predicted molar refractivity (Wildman–Crippen MR) is 67.3 cm³/mol. The largest absolute Gasteiger partial charge is 0.331 e. The van der Waals surface area contributed by atoms with Crippen molar-refractivity contribution in [1.29, 1.82) is 0 Å². The van der Waals surface area contributed by atoms with Gasteiger partial charge in [-0.05, 0) is 31.9 Å². The summed E-state index contributed by atoms with van der Waals surface area (Å²) in [5.41, 5.74) is 1.30. The fourth-order valence-electron chi connectivity index (χ4n) is 1.58. The highest BCUT2D eigenvalue weighted by molar-refractivity contribution is 7.98. The first-order chi connectivity index (χ1) is 7.29. The first kappa shape index (κ1) is 12.6. The number of nitrogens with one attached hydrogen (secondary N) is 1. The van der Waals surface area contributed by atoms with Crippen molar-refractivity contribution in [1.82, 2.24) is 14.9 Å². The Morgan fingerprint density at radius 1 is 1.53 bits per heavy atom. The molecular weight excluding hydrogens is 206 g/mol. The van der Waals surface area contributed by atoms with Crippen molar-refractivity contribution in [2.75, 3.05) is 18.6 Å². The van der Waals surface area contributed by atoms with E-state index in [0.717, 1.165) is 25.5 Å². The van der Waals surface area contributed by atoms with Crippen molar-refractivity contribution in [2.45, 2.75) is 33.4 Å². The zero-order chi connectivity index (χ0) is 11.1. The predicted octanol–water partition coefficient (Wildman–Crippen LogP) is 2.05. The molecule has 0 fully saturated rings. The van der Waals surface area contributed by atoms with Gasteiger partial charge in [0.2, 0.25) is 0 Å². The van der Waals surface area contributed by atoms with E-state index in [-0.39, 0.29) is 0 Å². The number of imidazole rings is 1. The molecular formula is C11H21N3S. The van der Waals surface area contributed by atoms with Crippen LogP contribution in [0.3, 0.4) is 0 Å². The molecule has 1 aromatic rings. The smallest absolute Gasteiger partial charge is 0.105 e. The molecule has 1 rings (SSSR count). The molecule has 0 saturated carbocycles. The van der Waals surface area contributed by atoms with Crippen LogP contribution in [0.15, 0.2) is 6.20 Å². The molecule has 0 bridgehead atoms. The van der Waals surface area contributed by atoms with Gasteiger partial charge in [-0.2, -0.15) is 11.8 Å². The van der Waals surface area contributed by atoms with Crippen LogP contribution in [0.1, 0.15) is 24.9 Å². The Bertz CT molecular complexity index is 283. The van der Waals surface area contributed by atoms with Gasteiger partial charge in [0.25, 0.3) is 0 Å². The lowest BCUT2D eigenvalue weighted by Crippen LogP contribution is -2.16. The summed E-state index contributed by atoms with van der Waals surface area (Å²) in [7, 11) is 0. The molecule has 15 heavy (non-hydrogen) atoms. The number of nitrogens with zero attached hydrogens (tertiary/aromatic N) is 2. The van der Waals surface area contributed by atoms with E-state index in [9.17, 15) is 0 Å². The molecule has 1 N–H and O–H groups in total. The summed E-state index contributed by atoms with van der Waals surface area (Å²) in [6, 6.07) is 0.